The molecule has 31 heteroatoms. The highest BCUT2D eigenvalue weighted by Crippen LogP contribution is 2.34. The highest BCUT2D eigenvalue weighted by Gasteiger charge is 2.55. The molecule has 0 aliphatic carbocycles. The normalized spacial score (nSPS) is 53.4. The molecule has 0 aromatic carbocycles. The molecule has 6 saturated heterocycles. The lowest BCUT2D eigenvalue weighted by atomic mass is 9.96. The average molecular weight is 991 g/mol. The zero-order valence-corrected chi connectivity index (χ0v) is 35.0. The lowest BCUT2D eigenvalue weighted by Gasteiger charge is -2.47. The molecule has 67 heavy (non-hydrogen) atoms. The van der Waals surface area contributed by atoms with Crippen molar-refractivity contribution in [3.05, 3.63) is 0 Å². The van der Waals surface area contributed by atoms with E-state index in [0.717, 1.165) is 0 Å². The van der Waals surface area contributed by atoms with Crippen LogP contribution in [-0.2, 0) is 52.1 Å². The number of aliphatic hydroxyl groups is 20. The van der Waals surface area contributed by atoms with Crippen molar-refractivity contribution in [3.63, 3.8) is 0 Å². The standard InChI is InChI=1S/C36H62O31/c37-1-7-13(40)19(46)23(50)32(61-7)58-6-12-18(45)30(67-36-26(53)21(48)15(42)9(3-39)63-36)28(55)34(65-12)59-4-10-16(43)22(49)24(51)33(64-10)57-5-11-17(44)29(27(54)31(56)60-11)66-35-25(52)20(47)14(41)8(2-38)62-35/h7-56H,1-6H2/t7-,8-,9-,10-,11-,12-,13-,14-,15-,16-,17-,18-,19+,20+,21+,22+,23-,24-,25-,26-,27-,28-,29+,30+,31?,32-,33-,34-,35+,36+/m1/s1. The van der Waals surface area contributed by atoms with E-state index in [4.69, 9.17) is 52.1 Å². The maximum Gasteiger partial charge on any atom is 0.187 e. The van der Waals surface area contributed by atoms with Crippen LogP contribution >= 0.6 is 0 Å². The van der Waals surface area contributed by atoms with Gasteiger partial charge in [-0.05, 0) is 0 Å². The van der Waals surface area contributed by atoms with E-state index in [1.54, 1.807) is 0 Å². The van der Waals surface area contributed by atoms with Crippen LogP contribution in [0.2, 0.25) is 0 Å². The van der Waals surface area contributed by atoms with E-state index in [9.17, 15) is 102 Å². The fourth-order valence-corrected chi connectivity index (χ4v) is 8.19. The van der Waals surface area contributed by atoms with Crippen LogP contribution in [0.4, 0.5) is 0 Å². The van der Waals surface area contributed by atoms with Crippen molar-refractivity contribution in [2.45, 2.75) is 184 Å². The van der Waals surface area contributed by atoms with Gasteiger partial charge in [-0.2, -0.15) is 0 Å². The van der Waals surface area contributed by atoms with Gasteiger partial charge in [0.1, 0.15) is 146 Å². The van der Waals surface area contributed by atoms with E-state index >= 15 is 0 Å². The van der Waals surface area contributed by atoms with Gasteiger partial charge in [-0.1, -0.05) is 0 Å². The van der Waals surface area contributed by atoms with Crippen molar-refractivity contribution in [1.82, 2.24) is 0 Å². The number of aliphatic hydroxyl groups excluding tert-OH is 20. The smallest absolute Gasteiger partial charge is 0.187 e. The lowest BCUT2D eigenvalue weighted by molar-refractivity contribution is -0.372. The molecule has 6 aliphatic rings. The quantitative estimate of drug-likeness (QED) is 0.0683. The first-order valence-corrected chi connectivity index (χ1v) is 21.1. The molecule has 392 valence electrons. The molecule has 0 aromatic heterocycles. The van der Waals surface area contributed by atoms with Crippen molar-refractivity contribution in [1.29, 1.82) is 0 Å². The summed E-state index contributed by atoms with van der Waals surface area (Å²) in [5, 5.41) is 208. The third-order valence-corrected chi connectivity index (χ3v) is 12.4. The Morgan fingerprint density at radius 2 is 0.522 bits per heavy atom. The molecule has 1 unspecified atom stereocenters. The fraction of sp³-hybridized carbons (Fsp3) is 1.00. The first-order chi connectivity index (χ1) is 31.6. The molecular formula is C36H62O31. The summed E-state index contributed by atoms with van der Waals surface area (Å²) in [5.41, 5.74) is 0. The SMILES string of the molecule is OC[C@H]1O[C@@H](OC[C@H]2O[C@@H](OC[C@H]3O[C@@H](OC[C@H]4OC(O)[C@H](O)[C@@H](O[C@@H]5O[C@H](CO)[C@@H](O)[C@H](O)[C@H]5O)[C@@H]4O)[C@H](O)[C@@H](O)[C@@H]3O)[C@H](O)[C@@H](O[C@@H]3O[C@H](CO)[C@@H](O)[C@H](O)[C@H]3O)[C@@H]2O)[C@H](O)[C@@H](O)[C@@H]1O. The Morgan fingerprint density at radius 1 is 0.254 bits per heavy atom. The van der Waals surface area contributed by atoms with Gasteiger partial charge in [0.25, 0.3) is 0 Å². The van der Waals surface area contributed by atoms with Crippen molar-refractivity contribution in [3.8, 4) is 0 Å². The summed E-state index contributed by atoms with van der Waals surface area (Å²) in [4.78, 5) is 0. The molecule has 0 amide bonds. The van der Waals surface area contributed by atoms with Gasteiger partial charge in [0, 0.05) is 0 Å². The van der Waals surface area contributed by atoms with Crippen LogP contribution in [0.25, 0.3) is 0 Å². The molecule has 6 aliphatic heterocycles. The molecule has 31 nitrogen and oxygen atoms in total. The molecule has 20 N–H and O–H groups in total. The maximum absolute atomic E-state index is 11.4. The molecule has 6 fully saturated rings. The minimum absolute atomic E-state index is 0.816. The Morgan fingerprint density at radius 3 is 0.896 bits per heavy atom. The topological polar surface area (TPSA) is 506 Å². The van der Waals surface area contributed by atoms with Crippen LogP contribution in [0.3, 0.4) is 0 Å². The van der Waals surface area contributed by atoms with E-state index in [2.05, 4.69) is 0 Å². The predicted molar refractivity (Wildman–Crippen MR) is 199 cm³/mol. The van der Waals surface area contributed by atoms with Gasteiger partial charge in [-0.15, -0.1) is 0 Å². The Labute approximate surface area is 378 Å². The Balaban J connectivity index is 1.13. The highest BCUT2D eigenvalue weighted by atomic mass is 16.8. The largest absolute Gasteiger partial charge is 0.394 e. The molecule has 0 radical (unpaired) electrons. The van der Waals surface area contributed by atoms with E-state index in [1.165, 1.54) is 0 Å². The van der Waals surface area contributed by atoms with Gasteiger partial charge in [0.2, 0.25) is 0 Å². The van der Waals surface area contributed by atoms with Gasteiger partial charge in [0.05, 0.1) is 39.6 Å². The van der Waals surface area contributed by atoms with E-state index in [-0.39, 0.29) is 0 Å². The van der Waals surface area contributed by atoms with Crippen LogP contribution < -0.4 is 0 Å². The van der Waals surface area contributed by atoms with E-state index < -0.39 is 224 Å². The van der Waals surface area contributed by atoms with Crippen molar-refractivity contribution in [2.24, 2.45) is 0 Å². The summed E-state index contributed by atoms with van der Waals surface area (Å²) in [6.07, 6.45) is -56.2. The summed E-state index contributed by atoms with van der Waals surface area (Å²) >= 11 is 0. The van der Waals surface area contributed by atoms with E-state index in [1.807, 2.05) is 0 Å². The summed E-state index contributed by atoms with van der Waals surface area (Å²) in [6, 6.07) is 0. The van der Waals surface area contributed by atoms with Gasteiger partial charge in [0.15, 0.2) is 37.7 Å². The average Bonchev–Trinajstić information content (AvgIpc) is 3.31. The molecule has 0 aromatic rings. The predicted octanol–water partition coefficient (Wildman–Crippen LogP) is -14.1. The Kier molecular flexibility index (Phi) is 19.4. The van der Waals surface area contributed by atoms with Crippen LogP contribution in [-0.4, -0.2) is 326 Å². The molecule has 6 heterocycles. The molecule has 0 saturated carbocycles. The second kappa shape index (κ2) is 23.5. The fourth-order valence-electron chi connectivity index (χ4n) is 8.19. The van der Waals surface area contributed by atoms with Crippen LogP contribution in [0.15, 0.2) is 0 Å². The zero-order valence-electron chi connectivity index (χ0n) is 35.0. The first kappa shape index (κ1) is 55.1. The van der Waals surface area contributed by atoms with Crippen LogP contribution in [0.5, 0.6) is 0 Å². The third-order valence-electron chi connectivity index (χ3n) is 12.4. The summed E-state index contributed by atoms with van der Waals surface area (Å²) in [6.45, 7) is -5.10. The van der Waals surface area contributed by atoms with Gasteiger partial charge < -0.3 is 154 Å². The highest BCUT2D eigenvalue weighted by molar-refractivity contribution is 4.98. The maximum atomic E-state index is 11.4. The van der Waals surface area contributed by atoms with Crippen LogP contribution in [0, 0.1) is 0 Å². The van der Waals surface area contributed by atoms with Gasteiger partial charge in [-0.25, -0.2) is 0 Å². The monoisotopic (exact) mass is 990 g/mol. The third kappa shape index (κ3) is 11.7. The number of hydrogen-bond donors (Lipinski definition) is 20. The Bertz CT molecular complexity index is 1500. The van der Waals surface area contributed by atoms with Gasteiger partial charge >= 0.3 is 0 Å². The minimum Gasteiger partial charge on any atom is -0.394 e. The summed E-state index contributed by atoms with van der Waals surface area (Å²) in [5.74, 6) is 0. The van der Waals surface area contributed by atoms with Crippen LogP contribution in [0.1, 0.15) is 0 Å². The molecule has 6 rings (SSSR count). The summed E-state index contributed by atoms with van der Waals surface area (Å²) < 4.78 is 60.3. The molecular weight excluding hydrogens is 928 g/mol. The molecule has 0 bridgehead atoms. The van der Waals surface area contributed by atoms with Crippen molar-refractivity contribution >= 4 is 0 Å². The number of ether oxygens (including phenoxy) is 11. The zero-order chi connectivity index (χ0) is 49.3. The lowest BCUT2D eigenvalue weighted by Crippen LogP contribution is -2.66. The second-order valence-corrected chi connectivity index (χ2v) is 16.9. The Hall–Kier alpha value is -1.24. The molecule has 0 spiro atoms. The number of hydrogen-bond acceptors (Lipinski definition) is 31. The van der Waals surface area contributed by atoms with Crippen molar-refractivity contribution in [2.75, 3.05) is 39.6 Å². The van der Waals surface area contributed by atoms with E-state index in [0.29, 0.717) is 0 Å². The molecule has 30 atom stereocenters. The minimum atomic E-state index is -2.11. The summed E-state index contributed by atoms with van der Waals surface area (Å²) in [7, 11) is 0. The number of rotatable bonds is 16. The first-order valence-electron chi connectivity index (χ1n) is 21.1. The van der Waals surface area contributed by atoms with Crippen molar-refractivity contribution < 1.29 is 154 Å². The second-order valence-electron chi connectivity index (χ2n) is 16.9. The van der Waals surface area contributed by atoms with Gasteiger partial charge in [-0.3, -0.25) is 0 Å².